The van der Waals surface area contributed by atoms with Crippen LogP contribution in [0.2, 0.25) is 18.1 Å². The fourth-order valence-electron chi connectivity index (χ4n) is 1.75. The molecule has 0 nitrogen and oxygen atoms in total. The van der Waals surface area contributed by atoms with E-state index >= 15 is 0 Å². The molecule has 0 spiro atoms. The van der Waals surface area contributed by atoms with E-state index in [1.54, 1.807) is 0 Å². The second-order valence-corrected chi connectivity index (χ2v) is 11.7. The Labute approximate surface area is 117 Å². The molecular weight excluding hydrogens is 244 g/mol. The summed E-state index contributed by atoms with van der Waals surface area (Å²) in [5.74, 6) is 3.45. The monoisotopic (exact) mass is 266 g/mol. The zero-order valence-corrected chi connectivity index (χ0v) is 13.5. The van der Waals surface area contributed by atoms with Gasteiger partial charge in [0, 0.05) is 5.56 Å². The second-order valence-electron chi connectivity index (χ2n) is 6.65. The SMILES string of the molecule is CC(C)(C)[Si](C)(C)C#Cc1cccc2ccccc12. The molecule has 2 aromatic carbocycles. The average molecular weight is 266 g/mol. The molecule has 0 aliphatic heterocycles. The number of benzene rings is 2. The molecule has 0 bridgehead atoms. The van der Waals surface area contributed by atoms with Crippen LogP contribution in [0.25, 0.3) is 10.8 Å². The van der Waals surface area contributed by atoms with Crippen LogP contribution in [0, 0.1) is 11.5 Å². The zero-order valence-electron chi connectivity index (χ0n) is 12.5. The highest BCUT2D eigenvalue weighted by Gasteiger charge is 2.33. The van der Waals surface area contributed by atoms with Gasteiger partial charge in [0.25, 0.3) is 0 Å². The first-order valence-corrected chi connectivity index (χ1v) is 9.82. The van der Waals surface area contributed by atoms with Crippen molar-refractivity contribution in [2.45, 2.75) is 38.9 Å². The van der Waals surface area contributed by atoms with Gasteiger partial charge in [0.1, 0.15) is 8.07 Å². The van der Waals surface area contributed by atoms with E-state index in [0.29, 0.717) is 5.04 Å². The van der Waals surface area contributed by atoms with Crippen LogP contribution in [0.1, 0.15) is 26.3 Å². The van der Waals surface area contributed by atoms with Crippen LogP contribution in [0.15, 0.2) is 42.5 Å². The van der Waals surface area contributed by atoms with Crippen molar-refractivity contribution in [2.24, 2.45) is 0 Å². The van der Waals surface area contributed by atoms with E-state index in [4.69, 9.17) is 0 Å². The Kier molecular flexibility index (Phi) is 3.56. The molecule has 0 aromatic heterocycles. The van der Waals surface area contributed by atoms with Crippen LogP contribution in [-0.2, 0) is 0 Å². The molecule has 0 saturated heterocycles. The number of hydrogen-bond donors (Lipinski definition) is 0. The maximum Gasteiger partial charge on any atom is 0.138 e. The second kappa shape index (κ2) is 4.87. The van der Waals surface area contributed by atoms with Gasteiger partial charge < -0.3 is 0 Å². The lowest BCUT2D eigenvalue weighted by Crippen LogP contribution is -2.35. The molecule has 0 fully saturated rings. The standard InChI is InChI=1S/C18H22Si/c1-18(2,3)19(4,5)14-13-16-11-8-10-15-9-6-7-12-17(15)16/h6-12H,1-5H3. The van der Waals surface area contributed by atoms with Gasteiger partial charge in [-0.2, -0.15) is 0 Å². The highest BCUT2D eigenvalue weighted by molar-refractivity contribution is 6.87. The molecule has 0 unspecified atom stereocenters. The lowest BCUT2D eigenvalue weighted by Gasteiger charge is -2.31. The molecule has 0 aliphatic rings. The Balaban J connectivity index is 2.49. The highest BCUT2D eigenvalue weighted by atomic mass is 28.3. The van der Waals surface area contributed by atoms with Gasteiger partial charge in [0.2, 0.25) is 0 Å². The lowest BCUT2D eigenvalue weighted by atomic mass is 10.1. The normalized spacial score (nSPS) is 12.1. The van der Waals surface area contributed by atoms with Crippen molar-refractivity contribution in [2.75, 3.05) is 0 Å². The van der Waals surface area contributed by atoms with E-state index in [2.05, 4.69) is 87.8 Å². The highest BCUT2D eigenvalue weighted by Crippen LogP contribution is 2.35. The third-order valence-electron chi connectivity index (χ3n) is 4.17. The van der Waals surface area contributed by atoms with Gasteiger partial charge in [-0.3, -0.25) is 0 Å². The van der Waals surface area contributed by atoms with Crippen molar-refractivity contribution in [3.8, 4) is 11.5 Å². The van der Waals surface area contributed by atoms with E-state index in [1.165, 1.54) is 10.8 Å². The number of hydrogen-bond acceptors (Lipinski definition) is 0. The summed E-state index contributed by atoms with van der Waals surface area (Å²) in [4.78, 5) is 0. The van der Waals surface area contributed by atoms with Crippen LogP contribution in [0.5, 0.6) is 0 Å². The topological polar surface area (TPSA) is 0 Å². The molecular formula is C18H22Si. The summed E-state index contributed by atoms with van der Waals surface area (Å²) < 4.78 is 0. The summed E-state index contributed by atoms with van der Waals surface area (Å²) in [5, 5.41) is 2.84. The zero-order chi connectivity index (χ0) is 14.1. The van der Waals surface area contributed by atoms with Crippen molar-refractivity contribution in [1.29, 1.82) is 0 Å². The van der Waals surface area contributed by atoms with Crippen molar-refractivity contribution < 1.29 is 0 Å². The Morgan fingerprint density at radius 1 is 0.895 bits per heavy atom. The average Bonchev–Trinajstić information content (AvgIpc) is 2.35. The molecule has 0 radical (unpaired) electrons. The summed E-state index contributed by atoms with van der Waals surface area (Å²) >= 11 is 0. The minimum atomic E-state index is -1.54. The van der Waals surface area contributed by atoms with Gasteiger partial charge in [-0.25, -0.2) is 0 Å². The maximum atomic E-state index is 3.60. The summed E-state index contributed by atoms with van der Waals surface area (Å²) in [6.45, 7) is 11.6. The molecule has 0 atom stereocenters. The molecule has 98 valence electrons. The lowest BCUT2D eigenvalue weighted by molar-refractivity contribution is 0.731. The minimum absolute atomic E-state index is 0.310. The van der Waals surface area contributed by atoms with Crippen molar-refractivity contribution in [3.05, 3.63) is 48.0 Å². The van der Waals surface area contributed by atoms with Crippen LogP contribution >= 0.6 is 0 Å². The predicted molar refractivity (Wildman–Crippen MR) is 88.0 cm³/mol. The van der Waals surface area contributed by atoms with Crippen molar-refractivity contribution in [3.63, 3.8) is 0 Å². The summed E-state index contributed by atoms with van der Waals surface area (Å²) in [5.41, 5.74) is 4.75. The van der Waals surface area contributed by atoms with E-state index in [0.717, 1.165) is 5.56 Å². The Bertz CT molecular complexity index is 643. The Morgan fingerprint density at radius 2 is 1.53 bits per heavy atom. The Hall–Kier alpha value is -1.52. The van der Waals surface area contributed by atoms with Gasteiger partial charge in [-0.1, -0.05) is 76.2 Å². The van der Waals surface area contributed by atoms with Gasteiger partial charge in [-0.05, 0) is 21.9 Å². The maximum absolute atomic E-state index is 3.60. The summed E-state index contributed by atoms with van der Waals surface area (Å²) in [6.07, 6.45) is 0. The largest absolute Gasteiger partial charge is 0.138 e. The van der Waals surface area contributed by atoms with Gasteiger partial charge in [0.05, 0.1) is 0 Å². The van der Waals surface area contributed by atoms with Gasteiger partial charge in [-0.15, -0.1) is 5.54 Å². The third-order valence-corrected chi connectivity index (χ3v) is 8.67. The minimum Gasteiger partial charge on any atom is -0.126 e. The molecule has 1 heteroatoms. The van der Waals surface area contributed by atoms with E-state index < -0.39 is 8.07 Å². The molecule has 0 saturated carbocycles. The molecule has 0 N–H and O–H groups in total. The molecule has 2 aromatic rings. The first kappa shape index (κ1) is 13.9. The smallest absolute Gasteiger partial charge is 0.126 e. The Morgan fingerprint density at radius 3 is 2.21 bits per heavy atom. The number of fused-ring (bicyclic) bond motifs is 1. The summed E-state index contributed by atoms with van der Waals surface area (Å²) in [6, 6.07) is 14.8. The van der Waals surface area contributed by atoms with Gasteiger partial charge >= 0.3 is 0 Å². The van der Waals surface area contributed by atoms with Crippen molar-refractivity contribution >= 4 is 18.8 Å². The quantitative estimate of drug-likeness (QED) is 0.452. The molecule has 19 heavy (non-hydrogen) atoms. The van der Waals surface area contributed by atoms with Crippen LogP contribution in [-0.4, -0.2) is 8.07 Å². The van der Waals surface area contributed by atoms with Crippen molar-refractivity contribution in [1.82, 2.24) is 0 Å². The number of rotatable bonds is 0. The van der Waals surface area contributed by atoms with E-state index in [1.807, 2.05) is 0 Å². The van der Waals surface area contributed by atoms with E-state index in [9.17, 15) is 0 Å². The third kappa shape index (κ3) is 2.91. The summed E-state index contributed by atoms with van der Waals surface area (Å²) in [7, 11) is -1.54. The molecule has 0 heterocycles. The van der Waals surface area contributed by atoms with Crippen LogP contribution < -0.4 is 0 Å². The van der Waals surface area contributed by atoms with Crippen LogP contribution in [0.3, 0.4) is 0 Å². The first-order chi connectivity index (χ1) is 8.81. The van der Waals surface area contributed by atoms with Gasteiger partial charge in [0.15, 0.2) is 0 Å². The fraction of sp³-hybridized carbons (Fsp3) is 0.333. The first-order valence-electron chi connectivity index (χ1n) is 6.82. The molecule has 0 amide bonds. The van der Waals surface area contributed by atoms with Crippen LogP contribution in [0.4, 0.5) is 0 Å². The van der Waals surface area contributed by atoms with E-state index in [-0.39, 0.29) is 0 Å². The molecule has 0 aliphatic carbocycles. The molecule has 2 rings (SSSR count). The fourth-order valence-corrected chi connectivity index (χ4v) is 2.57. The predicted octanol–water partition coefficient (Wildman–Crippen LogP) is 5.24.